The van der Waals surface area contributed by atoms with E-state index in [-0.39, 0.29) is 29.0 Å². The van der Waals surface area contributed by atoms with E-state index >= 15 is 0 Å². The number of likely N-dealkylation sites (tertiary alicyclic amines) is 1. The van der Waals surface area contributed by atoms with Gasteiger partial charge in [-0.05, 0) is 31.7 Å². The molecule has 0 saturated carbocycles. The Morgan fingerprint density at radius 1 is 1.60 bits per heavy atom. The van der Waals surface area contributed by atoms with Gasteiger partial charge in [0.15, 0.2) is 0 Å². The van der Waals surface area contributed by atoms with Gasteiger partial charge in [-0.3, -0.25) is 14.9 Å². The Morgan fingerprint density at radius 3 is 3.00 bits per heavy atom. The lowest BCUT2D eigenvalue weighted by Crippen LogP contribution is -2.43. The predicted molar refractivity (Wildman–Crippen MR) is 74.3 cm³/mol. The second-order valence-electron chi connectivity index (χ2n) is 4.94. The third-order valence-electron chi connectivity index (χ3n) is 3.69. The van der Waals surface area contributed by atoms with Crippen molar-refractivity contribution in [2.75, 3.05) is 12.3 Å². The van der Waals surface area contributed by atoms with Gasteiger partial charge in [-0.1, -0.05) is 6.92 Å². The van der Waals surface area contributed by atoms with Crippen LogP contribution in [-0.4, -0.2) is 33.3 Å². The van der Waals surface area contributed by atoms with Crippen molar-refractivity contribution in [3.63, 3.8) is 0 Å². The van der Waals surface area contributed by atoms with E-state index in [1.807, 2.05) is 6.92 Å². The van der Waals surface area contributed by atoms with Gasteiger partial charge in [0.1, 0.15) is 17.6 Å². The van der Waals surface area contributed by atoms with Crippen molar-refractivity contribution in [2.45, 2.75) is 38.6 Å². The average molecular weight is 278 g/mol. The summed E-state index contributed by atoms with van der Waals surface area (Å²) in [6.45, 7) is 2.66. The lowest BCUT2D eigenvalue weighted by Gasteiger charge is -2.35. The fourth-order valence-electron chi connectivity index (χ4n) is 2.63. The quantitative estimate of drug-likeness (QED) is 0.672. The highest BCUT2D eigenvalue weighted by Crippen LogP contribution is 2.26. The zero-order chi connectivity index (χ0) is 14.7. The fourth-order valence-corrected chi connectivity index (χ4v) is 2.63. The number of carbonyl (C=O) groups excluding carboxylic acids is 1. The van der Waals surface area contributed by atoms with E-state index in [2.05, 4.69) is 4.98 Å². The number of aromatic nitrogens is 1. The van der Waals surface area contributed by atoms with Gasteiger partial charge in [0.05, 0.1) is 4.92 Å². The van der Waals surface area contributed by atoms with Crippen LogP contribution >= 0.6 is 0 Å². The molecule has 1 amide bonds. The minimum absolute atomic E-state index is 0.0304. The van der Waals surface area contributed by atoms with Gasteiger partial charge >= 0.3 is 0 Å². The first-order chi connectivity index (χ1) is 9.54. The van der Waals surface area contributed by atoms with Gasteiger partial charge in [0.25, 0.3) is 11.6 Å². The highest BCUT2D eigenvalue weighted by atomic mass is 16.6. The van der Waals surface area contributed by atoms with Crippen LogP contribution in [0.4, 0.5) is 11.5 Å². The lowest BCUT2D eigenvalue weighted by molar-refractivity contribution is -0.385. The molecular weight excluding hydrogens is 260 g/mol. The van der Waals surface area contributed by atoms with Crippen molar-refractivity contribution in [3.05, 3.63) is 27.9 Å². The molecule has 1 aromatic heterocycles. The molecule has 0 aromatic carbocycles. The first-order valence-electron chi connectivity index (χ1n) is 6.75. The molecule has 0 aliphatic carbocycles. The second-order valence-corrected chi connectivity index (χ2v) is 4.94. The molecule has 2 heterocycles. The third-order valence-corrected chi connectivity index (χ3v) is 3.69. The molecule has 2 N–H and O–H groups in total. The standard InChI is InChI=1S/C13H18N4O3/c1-2-9-5-3-4-6-16(9)13(18)10-7-12(14)15-8-11(10)17(19)20/h7-9H,2-6H2,1H3,(H2,14,15). The van der Waals surface area contributed by atoms with Gasteiger partial charge in [0, 0.05) is 12.6 Å². The van der Waals surface area contributed by atoms with E-state index < -0.39 is 4.92 Å². The SMILES string of the molecule is CCC1CCCCN1C(=O)c1cc(N)ncc1[N+](=O)[O-]. The highest BCUT2D eigenvalue weighted by Gasteiger charge is 2.30. The molecule has 1 fully saturated rings. The zero-order valence-corrected chi connectivity index (χ0v) is 11.4. The molecule has 1 aliphatic rings. The minimum atomic E-state index is -0.593. The summed E-state index contributed by atoms with van der Waals surface area (Å²) in [5.41, 5.74) is 5.30. The molecule has 1 atom stereocenters. The summed E-state index contributed by atoms with van der Waals surface area (Å²) < 4.78 is 0. The van der Waals surface area contributed by atoms with Crippen molar-refractivity contribution in [1.29, 1.82) is 0 Å². The van der Waals surface area contributed by atoms with Crippen LogP contribution in [0.25, 0.3) is 0 Å². The predicted octanol–water partition coefficient (Wildman–Crippen LogP) is 1.98. The summed E-state index contributed by atoms with van der Waals surface area (Å²) in [4.78, 5) is 28.4. The second kappa shape index (κ2) is 5.85. The van der Waals surface area contributed by atoms with Crippen LogP contribution in [0.3, 0.4) is 0 Å². The number of anilines is 1. The molecule has 1 saturated heterocycles. The Bertz CT molecular complexity index is 532. The Kier molecular flexibility index (Phi) is 4.16. The third kappa shape index (κ3) is 2.71. The van der Waals surface area contributed by atoms with E-state index in [0.717, 1.165) is 31.9 Å². The Balaban J connectivity index is 2.36. The molecule has 2 rings (SSSR count). The number of nitrogens with zero attached hydrogens (tertiary/aromatic N) is 3. The van der Waals surface area contributed by atoms with Crippen LogP contribution < -0.4 is 5.73 Å². The topological polar surface area (TPSA) is 102 Å². The van der Waals surface area contributed by atoms with Crippen LogP contribution in [0.5, 0.6) is 0 Å². The van der Waals surface area contributed by atoms with Gasteiger partial charge in [-0.15, -0.1) is 0 Å². The summed E-state index contributed by atoms with van der Waals surface area (Å²) in [5.74, 6) is -0.207. The summed E-state index contributed by atoms with van der Waals surface area (Å²) in [6.07, 6.45) is 4.85. The summed E-state index contributed by atoms with van der Waals surface area (Å²) in [6, 6.07) is 1.44. The van der Waals surface area contributed by atoms with E-state index in [1.54, 1.807) is 4.90 Å². The molecule has 7 nitrogen and oxygen atoms in total. The zero-order valence-electron chi connectivity index (χ0n) is 11.4. The first kappa shape index (κ1) is 14.2. The maximum absolute atomic E-state index is 12.6. The monoisotopic (exact) mass is 278 g/mol. The molecule has 0 spiro atoms. The number of nitrogens with two attached hydrogens (primary N) is 1. The number of nitrogen functional groups attached to an aromatic ring is 1. The van der Waals surface area contributed by atoms with E-state index in [9.17, 15) is 14.9 Å². The number of hydrogen-bond donors (Lipinski definition) is 1. The van der Waals surface area contributed by atoms with Gasteiger partial charge in [-0.25, -0.2) is 4.98 Å². The minimum Gasteiger partial charge on any atom is -0.384 e. The molecule has 0 radical (unpaired) electrons. The van der Waals surface area contributed by atoms with Gasteiger partial charge < -0.3 is 10.6 Å². The maximum atomic E-state index is 12.6. The molecule has 7 heteroatoms. The van der Waals surface area contributed by atoms with Crippen LogP contribution in [-0.2, 0) is 0 Å². The van der Waals surface area contributed by atoms with Crippen molar-refractivity contribution < 1.29 is 9.72 Å². The Morgan fingerprint density at radius 2 is 2.35 bits per heavy atom. The van der Waals surface area contributed by atoms with E-state index in [4.69, 9.17) is 5.73 Å². The maximum Gasteiger partial charge on any atom is 0.300 e. The van der Waals surface area contributed by atoms with Gasteiger partial charge in [0.2, 0.25) is 0 Å². The number of pyridine rings is 1. The average Bonchev–Trinajstić information content (AvgIpc) is 2.46. The van der Waals surface area contributed by atoms with E-state index in [1.165, 1.54) is 6.07 Å². The highest BCUT2D eigenvalue weighted by molar-refractivity contribution is 5.98. The van der Waals surface area contributed by atoms with Crippen LogP contribution in [0.15, 0.2) is 12.3 Å². The Hall–Kier alpha value is -2.18. The number of nitro groups is 1. The van der Waals surface area contributed by atoms with E-state index in [0.29, 0.717) is 6.54 Å². The van der Waals surface area contributed by atoms with Crippen molar-refractivity contribution in [1.82, 2.24) is 9.88 Å². The van der Waals surface area contributed by atoms with Crippen molar-refractivity contribution >= 4 is 17.4 Å². The van der Waals surface area contributed by atoms with Crippen LogP contribution in [0.2, 0.25) is 0 Å². The molecule has 20 heavy (non-hydrogen) atoms. The summed E-state index contributed by atoms with van der Waals surface area (Å²) >= 11 is 0. The lowest BCUT2D eigenvalue weighted by atomic mass is 9.99. The molecule has 1 aromatic rings. The van der Waals surface area contributed by atoms with Crippen molar-refractivity contribution in [3.8, 4) is 0 Å². The fraction of sp³-hybridized carbons (Fsp3) is 0.538. The molecular formula is C13H18N4O3. The summed E-state index contributed by atoms with van der Waals surface area (Å²) in [7, 11) is 0. The molecule has 1 unspecified atom stereocenters. The largest absolute Gasteiger partial charge is 0.384 e. The number of rotatable bonds is 3. The number of carbonyl (C=O) groups is 1. The smallest absolute Gasteiger partial charge is 0.300 e. The summed E-state index contributed by atoms with van der Waals surface area (Å²) in [5, 5.41) is 11.0. The molecule has 108 valence electrons. The van der Waals surface area contributed by atoms with Crippen molar-refractivity contribution in [2.24, 2.45) is 0 Å². The number of piperidine rings is 1. The van der Waals surface area contributed by atoms with Gasteiger partial charge in [-0.2, -0.15) is 0 Å². The van der Waals surface area contributed by atoms with Crippen LogP contribution in [0.1, 0.15) is 43.0 Å². The Labute approximate surface area is 116 Å². The molecule has 0 bridgehead atoms. The van der Waals surface area contributed by atoms with Crippen LogP contribution in [0, 0.1) is 10.1 Å². The number of amides is 1. The number of hydrogen-bond acceptors (Lipinski definition) is 5. The normalized spacial score (nSPS) is 18.9. The first-order valence-corrected chi connectivity index (χ1v) is 6.75. The molecule has 1 aliphatic heterocycles.